The SMILES string of the molecule is COc1cc(C#N)ccc1OCC(=O)N(C[C@@H]1CCCO1)[C@H]1CCS(=O)(=O)C1. The first-order valence-electron chi connectivity index (χ1n) is 9.24. The lowest BCUT2D eigenvalue weighted by atomic mass is 10.1. The Morgan fingerprint density at radius 1 is 1.36 bits per heavy atom. The zero-order valence-corrected chi connectivity index (χ0v) is 16.6. The maximum absolute atomic E-state index is 12.9. The van der Waals surface area contributed by atoms with Crippen molar-refractivity contribution in [2.75, 3.05) is 38.4 Å². The van der Waals surface area contributed by atoms with Gasteiger partial charge in [0.25, 0.3) is 5.91 Å². The molecule has 0 radical (unpaired) electrons. The zero-order valence-electron chi connectivity index (χ0n) is 15.8. The van der Waals surface area contributed by atoms with E-state index in [1.54, 1.807) is 17.0 Å². The quantitative estimate of drug-likeness (QED) is 0.666. The van der Waals surface area contributed by atoms with Crippen LogP contribution in [0.15, 0.2) is 18.2 Å². The van der Waals surface area contributed by atoms with Crippen LogP contribution in [0.1, 0.15) is 24.8 Å². The van der Waals surface area contributed by atoms with E-state index in [4.69, 9.17) is 19.5 Å². The minimum atomic E-state index is -3.12. The summed E-state index contributed by atoms with van der Waals surface area (Å²) in [6.07, 6.45) is 2.15. The summed E-state index contributed by atoms with van der Waals surface area (Å²) in [5.74, 6) is 0.499. The van der Waals surface area contributed by atoms with Gasteiger partial charge in [-0.2, -0.15) is 5.26 Å². The topological polar surface area (TPSA) is 106 Å². The molecule has 8 nitrogen and oxygen atoms in total. The van der Waals surface area contributed by atoms with Gasteiger partial charge in [-0.3, -0.25) is 4.79 Å². The van der Waals surface area contributed by atoms with Gasteiger partial charge in [0.1, 0.15) is 0 Å². The van der Waals surface area contributed by atoms with Gasteiger partial charge in [-0.15, -0.1) is 0 Å². The van der Waals surface area contributed by atoms with Crippen molar-refractivity contribution in [1.29, 1.82) is 5.26 Å². The summed E-state index contributed by atoms with van der Waals surface area (Å²) >= 11 is 0. The molecule has 0 saturated carbocycles. The number of rotatable bonds is 7. The standard InChI is InChI=1S/C19H24N2O6S/c1-25-18-9-14(10-20)4-5-17(18)27-12-19(22)21(11-16-3-2-7-26-16)15-6-8-28(23,24)13-15/h4-5,9,15-16H,2-3,6-8,11-13H2,1H3/t15-,16-/m0/s1. The van der Waals surface area contributed by atoms with Crippen LogP contribution in [0.4, 0.5) is 0 Å². The van der Waals surface area contributed by atoms with Gasteiger partial charge < -0.3 is 19.1 Å². The summed E-state index contributed by atoms with van der Waals surface area (Å²) in [5.41, 5.74) is 0.423. The van der Waals surface area contributed by atoms with Crippen LogP contribution in [-0.4, -0.2) is 69.7 Å². The summed E-state index contributed by atoms with van der Waals surface area (Å²) in [4.78, 5) is 14.5. The van der Waals surface area contributed by atoms with Crippen LogP contribution < -0.4 is 9.47 Å². The Labute approximate surface area is 164 Å². The Morgan fingerprint density at radius 2 is 2.18 bits per heavy atom. The molecule has 0 unspecified atom stereocenters. The highest BCUT2D eigenvalue weighted by Crippen LogP contribution is 2.28. The summed E-state index contributed by atoms with van der Waals surface area (Å²) in [6, 6.07) is 6.36. The molecule has 2 saturated heterocycles. The molecule has 0 spiro atoms. The lowest BCUT2D eigenvalue weighted by Gasteiger charge is -2.30. The lowest BCUT2D eigenvalue weighted by Crippen LogP contribution is -2.47. The monoisotopic (exact) mass is 408 g/mol. The number of carbonyl (C=O) groups is 1. The highest BCUT2D eigenvalue weighted by molar-refractivity contribution is 7.91. The minimum absolute atomic E-state index is 0.0222. The number of sulfone groups is 1. The maximum atomic E-state index is 12.9. The van der Waals surface area contributed by atoms with E-state index >= 15 is 0 Å². The molecule has 9 heteroatoms. The lowest BCUT2D eigenvalue weighted by molar-refractivity contribution is -0.137. The molecule has 2 aliphatic rings. The third-order valence-electron chi connectivity index (χ3n) is 5.04. The third kappa shape index (κ3) is 4.94. The van der Waals surface area contributed by atoms with E-state index < -0.39 is 9.84 Å². The summed E-state index contributed by atoms with van der Waals surface area (Å²) in [7, 11) is -1.66. The molecule has 2 heterocycles. The van der Waals surface area contributed by atoms with Gasteiger partial charge in [0.2, 0.25) is 0 Å². The summed E-state index contributed by atoms with van der Waals surface area (Å²) < 4.78 is 40.3. The number of methoxy groups -OCH3 is 1. The summed E-state index contributed by atoms with van der Waals surface area (Å²) in [5, 5.41) is 8.97. The van der Waals surface area contributed by atoms with Crippen LogP contribution in [0.25, 0.3) is 0 Å². The Kier molecular flexibility index (Phi) is 6.42. The second-order valence-corrected chi connectivity index (χ2v) is 9.23. The van der Waals surface area contributed by atoms with Gasteiger partial charge in [0.15, 0.2) is 27.9 Å². The average molecular weight is 408 g/mol. The van der Waals surface area contributed by atoms with Gasteiger partial charge in [-0.05, 0) is 31.4 Å². The Bertz CT molecular complexity index is 858. The van der Waals surface area contributed by atoms with Crippen molar-refractivity contribution in [3.05, 3.63) is 23.8 Å². The highest BCUT2D eigenvalue weighted by Gasteiger charge is 2.36. The van der Waals surface area contributed by atoms with Crippen LogP contribution in [0, 0.1) is 11.3 Å². The van der Waals surface area contributed by atoms with Crippen molar-refractivity contribution >= 4 is 15.7 Å². The number of hydrogen-bond donors (Lipinski definition) is 0. The van der Waals surface area contributed by atoms with E-state index in [9.17, 15) is 13.2 Å². The number of nitriles is 1. The van der Waals surface area contributed by atoms with E-state index in [2.05, 4.69) is 0 Å². The maximum Gasteiger partial charge on any atom is 0.260 e. The van der Waals surface area contributed by atoms with Crippen molar-refractivity contribution < 1.29 is 27.4 Å². The molecule has 0 N–H and O–H groups in total. The van der Waals surface area contributed by atoms with Crippen molar-refractivity contribution in [1.82, 2.24) is 4.90 Å². The van der Waals surface area contributed by atoms with Gasteiger partial charge in [0.05, 0.1) is 36.4 Å². The van der Waals surface area contributed by atoms with Crippen molar-refractivity contribution in [2.45, 2.75) is 31.4 Å². The van der Waals surface area contributed by atoms with E-state index in [0.717, 1.165) is 12.8 Å². The fourth-order valence-electron chi connectivity index (χ4n) is 3.56. The Hall–Kier alpha value is -2.31. The molecule has 1 aromatic rings. The first-order chi connectivity index (χ1) is 13.4. The minimum Gasteiger partial charge on any atom is -0.493 e. The van der Waals surface area contributed by atoms with Crippen LogP contribution in [0.3, 0.4) is 0 Å². The molecular weight excluding hydrogens is 384 g/mol. The second kappa shape index (κ2) is 8.80. The number of ether oxygens (including phenoxy) is 3. The fraction of sp³-hybridized carbons (Fsp3) is 0.579. The van der Waals surface area contributed by atoms with Crippen LogP contribution in [-0.2, 0) is 19.4 Å². The number of amides is 1. The van der Waals surface area contributed by atoms with E-state index in [-0.39, 0.29) is 36.2 Å². The molecule has 2 aliphatic heterocycles. The fourth-order valence-corrected chi connectivity index (χ4v) is 5.29. The molecule has 1 amide bonds. The molecule has 2 atom stereocenters. The van der Waals surface area contributed by atoms with E-state index in [0.29, 0.717) is 36.6 Å². The zero-order chi connectivity index (χ0) is 20.1. The predicted molar refractivity (Wildman–Crippen MR) is 101 cm³/mol. The van der Waals surface area contributed by atoms with Crippen LogP contribution in [0.2, 0.25) is 0 Å². The van der Waals surface area contributed by atoms with Crippen LogP contribution in [0.5, 0.6) is 11.5 Å². The molecule has 28 heavy (non-hydrogen) atoms. The van der Waals surface area contributed by atoms with Gasteiger partial charge in [-0.1, -0.05) is 0 Å². The predicted octanol–water partition coefficient (Wildman–Crippen LogP) is 1.14. The molecule has 1 aromatic carbocycles. The van der Waals surface area contributed by atoms with Crippen molar-refractivity contribution in [3.8, 4) is 17.6 Å². The van der Waals surface area contributed by atoms with E-state index in [1.165, 1.54) is 13.2 Å². The van der Waals surface area contributed by atoms with E-state index in [1.807, 2.05) is 6.07 Å². The molecule has 3 rings (SSSR count). The Balaban J connectivity index is 1.69. The molecular formula is C19H24N2O6S. The first-order valence-corrected chi connectivity index (χ1v) is 11.1. The van der Waals surface area contributed by atoms with Crippen molar-refractivity contribution in [3.63, 3.8) is 0 Å². The smallest absolute Gasteiger partial charge is 0.260 e. The van der Waals surface area contributed by atoms with Gasteiger partial charge in [0, 0.05) is 25.3 Å². The molecule has 0 aliphatic carbocycles. The normalized spacial score (nSPS) is 23.1. The Morgan fingerprint density at radius 3 is 2.79 bits per heavy atom. The molecule has 2 fully saturated rings. The number of carbonyl (C=O) groups excluding carboxylic acids is 1. The van der Waals surface area contributed by atoms with Crippen molar-refractivity contribution in [2.24, 2.45) is 0 Å². The third-order valence-corrected chi connectivity index (χ3v) is 6.79. The van der Waals surface area contributed by atoms with Gasteiger partial charge >= 0.3 is 0 Å². The number of nitrogens with zero attached hydrogens (tertiary/aromatic N) is 2. The molecule has 0 bridgehead atoms. The average Bonchev–Trinajstić information content (AvgIpc) is 3.33. The molecule has 0 aromatic heterocycles. The molecule has 152 valence electrons. The second-order valence-electron chi connectivity index (χ2n) is 7.00. The number of benzene rings is 1. The highest BCUT2D eigenvalue weighted by atomic mass is 32.2. The largest absolute Gasteiger partial charge is 0.493 e. The van der Waals surface area contributed by atoms with Gasteiger partial charge in [-0.25, -0.2) is 8.42 Å². The number of hydrogen-bond acceptors (Lipinski definition) is 7. The first kappa shape index (κ1) is 20.4. The van der Waals surface area contributed by atoms with Crippen LogP contribution >= 0.6 is 0 Å². The summed E-state index contributed by atoms with van der Waals surface area (Å²) in [6.45, 7) is 0.785.